The van der Waals surface area contributed by atoms with E-state index >= 15 is 0 Å². The van der Waals surface area contributed by atoms with Crippen LogP contribution in [0.2, 0.25) is 0 Å². The molecule has 4 rings (SSSR count). The number of primary amides is 1. The Morgan fingerprint density at radius 2 is 1.77 bits per heavy atom. The number of rotatable bonds is 8. The fraction of sp³-hybridized carbons (Fsp3) is 0.393. The zero-order valence-electron chi connectivity index (χ0n) is 22.8. The topological polar surface area (TPSA) is 155 Å². The fourth-order valence-corrected chi connectivity index (χ4v) is 7.74. The number of aromatic nitrogens is 1. The van der Waals surface area contributed by atoms with Gasteiger partial charge in [-0.3, -0.25) is 4.90 Å². The van der Waals surface area contributed by atoms with Gasteiger partial charge in [-0.25, -0.2) is 27.7 Å². The first-order valence-electron chi connectivity index (χ1n) is 13.1. The van der Waals surface area contributed by atoms with E-state index in [4.69, 9.17) is 10.8 Å². The van der Waals surface area contributed by atoms with Gasteiger partial charge < -0.3 is 16.2 Å². The highest BCUT2D eigenvalue weighted by Crippen LogP contribution is 2.40. The summed E-state index contributed by atoms with van der Waals surface area (Å²) in [6, 6.07) is 13.4. The van der Waals surface area contributed by atoms with Crippen LogP contribution in [-0.4, -0.2) is 42.2 Å². The standard InChI is InChI=1S/C28H35N5O5S2/c1-28(2,3)32-40(37,38)24-15-21(33(26(29)34)17-18-7-5-4-6-8-18)13-14-22(24)23-16-30-25(39-23)19-9-11-20(12-10-19)31-27(35)36/h4-8,13-16,19-20,31-32H,9-12,17H2,1-3H3,(H2,29,34)(H,35,36). The summed E-state index contributed by atoms with van der Waals surface area (Å²) in [6.45, 7) is 5.48. The Kier molecular flexibility index (Phi) is 8.81. The average Bonchev–Trinajstić information content (AvgIpc) is 3.36. The highest BCUT2D eigenvalue weighted by atomic mass is 32.2. The zero-order chi connectivity index (χ0) is 29.1. The van der Waals surface area contributed by atoms with Gasteiger partial charge in [0.05, 0.1) is 21.3 Å². The Bertz CT molecular complexity index is 1460. The normalized spacial score (nSPS) is 17.8. The maximum atomic E-state index is 13.7. The van der Waals surface area contributed by atoms with Gasteiger partial charge in [-0.1, -0.05) is 36.4 Å². The number of carbonyl (C=O) groups is 2. The monoisotopic (exact) mass is 585 g/mol. The molecule has 0 bridgehead atoms. The molecule has 10 nitrogen and oxygen atoms in total. The smallest absolute Gasteiger partial charge is 0.404 e. The first kappa shape index (κ1) is 29.5. The number of carboxylic acid groups (broad SMARTS) is 1. The molecular formula is C28H35N5O5S2. The van der Waals surface area contributed by atoms with Gasteiger partial charge >= 0.3 is 12.1 Å². The third-order valence-electron chi connectivity index (χ3n) is 6.65. The summed E-state index contributed by atoms with van der Waals surface area (Å²) in [7, 11) is -4.00. The van der Waals surface area contributed by atoms with Crippen molar-refractivity contribution in [3.63, 3.8) is 0 Å². The summed E-state index contributed by atoms with van der Waals surface area (Å²) in [5, 5.41) is 12.4. The van der Waals surface area contributed by atoms with Crippen LogP contribution in [0.5, 0.6) is 0 Å². The zero-order valence-corrected chi connectivity index (χ0v) is 24.4. The maximum absolute atomic E-state index is 13.7. The predicted octanol–water partition coefficient (Wildman–Crippen LogP) is 5.27. The SMILES string of the molecule is CC(C)(C)NS(=O)(=O)c1cc(N(Cc2ccccc2)C(N)=O)ccc1-c1cnc(C2CCC(NC(=O)O)CC2)s1. The third-order valence-corrected chi connectivity index (χ3v) is 9.64. The predicted molar refractivity (Wildman–Crippen MR) is 156 cm³/mol. The van der Waals surface area contributed by atoms with Crippen LogP contribution < -0.4 is 20.7 Å². The third kappa shape index (κ3) is 7.38. The molecule has 0 saturated heterocycles. The number of carbonyl (C=O) groups excluding carboxylic acids is 1. The summed E-state index contributed by atoms with van der Waals surface area (Å²) in [6.07, 6.45) is 3.70. The van der Waals surface area contributed by atoms with E-state index in [2.05, 4.69) is 15.0 Å². The first-order valence-corrected chi connectivity index (χ1v) is 15.4. The lowest BCUT2D eigenvalue weighted by atomic mass is 9.86. The number of amides is 3. The molecule has 1 saturated carbocycles. The number of urea groups is 1. The number of nitrogens with one attached hydrogen (secondary N) is 2. The quantitative estimate of drug-likeness (QED) is 0.282. The summed E-state index contributed by atoms with van der Waals surface area (Å²) in [5.41, 5.74) is 6.69. The van der Waals surface area contributed by atoms with Gasteiger partial charge in [0.1, 0.15) is 0 Å². The average molecular weight is 586 g/mol. The number of nitrogens with two attached hydrogens (primary N) is 1. The summed E-state index contributed by atoms with van der Waals surface area (Å²) in [5.74, 6) is 0.175. The van der Waals surface area contributed by atoms with Gasteiger partial charge in [0.2, 0.25) is 10.0 Å². The molecule has 0 aliphatic heterocycles. The van der Waals surface area contributed by atoms with Crippen LogP contribution in [0.25, 0.3) is 10.4 Å². The molecule has 1 heterocycles. The minimum Gasteiger partial charge on any atom is -0.465 e. The molecule has 1 aliphatic carbocycles. The molecule has 0 radical (unpaired) electrons. The molecule has 0 atom stereocenters. The van der Waals surface area contributed by atoms with E-state index in [9.17, 15) is 18.0 Å². The lowest BCUT2D eigenvalue weighted by molar-refractivity contribution is 0.185. The van der Waals surface area contributed by atoms with Crippen LogP contribution in [0, 0.1) is 0 Å². The second kappa shape index (κ2) is 11.9. The van der Waals surface area contributed by atoms with Gasteiger partial charge in [-0.2, -0.15) is 0 Å². The van der Waals surface area contributed by atoms with E-state index < -0.39 is 27.7 Å². The molecule has 3 aromatic rings. The van der Waals surface area contributed by atoms with Gasteiger partial charge in [0.25, 0.3) is 0 Å². The molecule has 1 aromatic heterocycles. The van der Waals surface area contributed by atoms with Gasteiger partial charge in [0.15, 0.2) is 0 Å². The van der Waals surface area contributed by atoms with Crippen molar-refractivity contribution >= 4 is 39.2 Å². The van der Waals surface area contributed by atoms with Gasteiger partial charge in [-0.15, -0.1) is 11.3 Å². The number of thiazole rings is 1. The van der Waals surface area contributed by atoms with E-state index in [0.717, 1.165) is 36.3 Å². The minimum atomic E-state index is -4.00. The largest absolute Gasteiger partial charge is 0.465 e. The molecule has 1 aliphatic rings. The highest BCUT2D eigenvalue weighted by Gasteiger charge is 2.29. The van der Waals surface area contributed by atoms with E-state index in [1.54, 1.807) is 39.1 Å². The van der Waals surface area contributed by atoms with Crippen LogP contribution in [0.15, 0.2) is 59.6 Å². The molecule has 1 fully saturated rings. The fourth-order valence-electron chi connectivity index (χ4n) is 4.89. The van der Waals surface area contributed by atoms with Crippen molar-refractivity contribution in [3.05, 3.63) is 65.3 Å². The highest BCUT2D eigenvalue weighted by molar-refractivity contribution is 7.89. The number of hydrogen-bond donors (Lipinski definition) is 4. The summed E-state index contributed by atoms with van der Waals surface area (Å²) >= 11 is 1.43. The Morgan fingerprint density at radius 3 is 2.38 bits per heavy atom. The van der Waals surface area contributed by atoms with Crippen LogP contribution in [0.4, 0.5) is 15.3 Å². The van der Waals surface area contributed by atoms with Crippen molar-refractivity contribution in [1.82, 2.24) is 15.0 Å². The van der Waals surface area contributed by atoms with Gasteiger partial charge in [0, 0.05) is 34.9 Å². The maximum Gasteiger partial charge on any atom is 0.404 e. The number of benzene rings is 2. The molecule has 5 N–H and O–H groups in total. The molecule has 0 unspecified atom stereocenters. The van der Waals surface area contributed by atoms with E-state index in [0.29, 0.717) is 16.1 Å². The Labute approximate surface area is 238 Å². The molecular weight excluding hydrogens is 550 g/mol. The van der Waals surface area contributed by atoms with Gasteiger partial charge in [-0.05, 0) is 64.2 Å². The molecule has 214 valence electrons. The van der Waals surface area contributed by atoms with Crippen LogP contribution >= 0.6 is 11.3 Å². The Hall–Kier alpha value is -3.48. The lowest BCUT2D eigenvalue weighted by Crippen LogP contribution is -2.41. The number of sulfonamides is 1. The molecule has 12 heteroatoms. The van der Waals surface area contributed by atoms with Crippen molar-refractivity contribution in [2.24, 2.45) is 5.73 Å². The Morgan fingerprint density at radius 1 is 1.10 bits per heavy atom. The van der Waals surface area contributed by atoms with Crippen molar-refractivity contribution in [2.45, 2.75) is 75.4 Å². The molecule has 3 amide bonds. The molecule has 2 aromatic carbocycles. The first-order chi connectivity index (χ1) is 18.8. The number of nitrogens with zero attached hydrogens (tertiary/aromatic N) is 2. The Balaban J connectivity index is 1.69. The second-order valence-corrected chi connectivity index (χ2v) is 13.7. The van der Waals surface area contributed by atoms with E-state index in [1.165, 1.54) is 22.3 Å². The lowest BCUT2D eigenvalue weighted by Gasteiger charge is -2.27. The second-order valence-electron chi connectivity index (χ2n) is 11.0. The summed E-state index contributed by atoms with van der Waals surface area (Å²) in [4.78, 5) is 30.1. The van der Waals surface area contributed by atoms with Crippen molar-refractivity contribution in [2.75, 3.05) is 4.90 Å². The van der Waals surface area contributed by atoms with E-state index in [1.807, 2.05) is 30.3 Å². The van der Waals surface area contributed by atoms with Crippen LogP contribution in [0.3, 0.4) is 0 Å². The van der Waals surface area contributed by atoms with Crippen molar-refractivity contribution in [1.29, 1.82) is 0 Å². The number of anilines is 1. The summed E-state index contributed by atoms with van der Waals surface area (Å²) < 4.78 is 30.0. The number of hydrogen-bond acceptors (Lipinski definition) is 6. The van der Waals surface area contributed by atoms with Crippen LogP contribution in [-0.2, 0) is 16.6 Å². The van der Waals surface area contributed by atoms with Crippen molar-refractivity contribution < 1.29 is 23.1 Å². The van der Waals surface area contributed by atoms with Crippen LogP contribution in [0.1, 0.15) is 62.9 Å². The minimum absolute atomic E-state index is 0.0313. The van der Waals surface area contributed by atoms with Crippen molar-refractivity contribution in [3.8, 4) is 10.4 Å². The molecule has 0 spiro atoms. The van der Waals surface area contributed by atoms with E-state index in [-0.39, 0.29) is 23.4 Å². The molecule has 40 heavy (non-hydrogen) atoms.